The molecule has 1 fully saturated rings. The minimum atomic E-state index is -4.64. The number of rotatable bonds is 4. The van der Waals surface area contributed by atoms with E-state index in [-0.39, 0.29) is 0 Å². The summed E-state index contributed by atoms with van der Waals surface area (Å²) in [6.45, 7) is 3.37. The number of hydrogen-bond acceptors (Lipinski definition) is 1. The van der Waals surface area contributed by atoms with E-state index < -0.39 is 17.6 Å². The first-order chi connectivity index (χ1) is 9.88. The fraction of sp³-hybridized carbons (Fsp3) is 0.625. The standard InChI is InChI=1S/C16H21F4N/c1-11-4-2-3-5-13(11)10-21-9-12-6-7-15(17)14(8-12)16(18,19)20/h6-8,11,13,21H,2-5,9-10H2,1H3. The highest BCUT2D eigenvalue weighted by Crippen LogP contribution is 2.32. The second-order valence-electron chi connectivity index (χ2n) is 5.96. The maximum absolute atomic E-state index is 13.2. The van der Waals surface area contributed by atoms with Crippen molar-refractivity contribution in [1.29, 1.82) is 0 Å². The molecular weight excluding hydrogens is 282 g/mol. The predicted octanol–water partition coefficient (Wildman–Crippen LogP) is 4.76. The monoisotopic (exact) mass is 303 g/mol. The average Bonchev–Trinajstić information content (AvgIpc) is 2.41. The van der Waals surface area contributed by atoms with Gasteiger partial charge in [0.2, 0.25) is 0 Å². The molecule has 2 unspecified atom stereocenters. The van der Waals surface area contributed by atoms with E-state index in [0.717, 1.165) is 18.7 Å². The lowest BCUT2D eigenvalue weighted by molar-refractivity contribution is -0.140. The largest absolute Gasteiger partial charge is 0.419 e. The molecule has 21 heavy (non-hydrogen) atoms. The van der Waals surface area contributed by atoms with Crippen molar-refractivity contribution in [3.05, 3.63) is 35.1 Å². The summed E-state index contributed by atoms with van der Waals surface area (Å²) in [6.07, 6.45) is 0.251. The van der Waals surface area contributed by atoms with Crippen molar-refractivity contribution in [1.82, 2.24) is 5.32 Å². The van der Waals surface area contributed by atoms with Crippen molar-refractivity contribution in [2.75, 3.05) is 6.54 Å². The quantitative estimate of drug-likeness (QED) is 0.791. The highest BCUT2D eigenvalue weighted by Gasteiger charge is 2.34. The Labute approximate surface area is 122 Å². The molecule has 118 valence electrons. The van der Waals surface area contributed by atoms with Gasteiger partial charge in [-0.25, -0.2) is 4.39 Å². The Morgan fingerprint density at radius 2 is 1.90 bits per heavy atom. The van der Waals surface area contributed by atoms with Gasteiger partial charge in [-0.05, 0) is 42.5 Å². The van der Waals surface area contributed by atoms with Gasteiger partial charge in [-0.15, -0.1) is 0 Å². The van der Waals surface area contributed by atoms with Gasteiger partial charge in [0.25, 0.3) is 0 Å². The number of hydrogen-bond donors (Lipinski definition) is 1. The molecule has 1 aromatic rings. The summed E-state index contributed by atoms with van der Waals surface area (Å²) in [5.41, 5.74) is -0.722. The molecule has 1 aliphatic rings. The van der Waals surface area contributed by atoms with Gasteiger partial charge in [-0.3, -0.25) is 0 Å². The van der Waals surface area contributed by atoms with Gasteiger partial charge in [0, 0.05) is 6.54 Å². The van der Waals surface area contributed by atoms with E-state index in [1.54, 1.807) is 0 Å². The molecule has 2 rings (SSSR count). The van der Waals surface area contributed by atoms with E-state index in [0.29, 0.717) is 23.9 Å². The average molecular weight is 303 g/mol. The van der Waals surface area contributed by atoms with Crippen LogP contribution in [0.25, 0.3) is 0 Å². The molecule has 0 heterocycles. The molecule has 0 saturated heterocycles. The molecule has 1 aliphatic carbocycles. The molecule has 0 aliphatic heterocycles. The van der Waals surface area contributed by atoms with Gasteiger partial charge >= 0.3 is 6.18 Å². The van der Waals surface area contributed by atoms with Gasteiger partial charge in [-0.2, -0.15) is 13.2 Å². The number of benzene rings is 1. The molecule has 1 N–H and O–H groups in total. The van der Waals surface area contributed by atoms with Crippen LogP contribution >= 0.6 is 0 Å². The number of nitrogens with one attached hydrogen (secondary N) is 1. The molecule has 1 aromatic carbocycles. The van der Waals surface area contributed by atoms with E-state index in [4.69, 9.17) is 0 Å². The smallest absolute Gasteiger partial charge is 0.312 e. The Morgan fingerprint density at radius 3 is 2.57 bits per heavy atom. The second-order valence-corrected chi connectivity index (χ2v) is 5.96. The van der Waals surface area contributed by atoms with Gasteiger partial charge < -0.3 is 5.32 Å². The Kier molecular flexibility index (Phi) is 5.25. The highest BCUT2D eigenvalue weighted by atomic mass is 19.4. The van der Waals surface area contributed by atoms with Crippen LogP contribution in [-0.4, -0.2) is 6.54 Å². The summed E-state index contributed by atoms with van der Waals surface area (Å²) >= 11 is 0. The van der Waals surface area contributed by atoms with Crippen LogP contribution in [0.4, 0.5) is 17.6 Å². The fourth-order valence-corrected chi connectivity index (χ4v) is 3.00. The van der Waals surface area contributed by atoms with Gasteiger partial charge in [0.05, 0.1) is 5.56 Å². The predicted molar refractivity (Wildman–Crippen MR) is 74.2 cm³/mol. The zero-order valence-corrected chi connectivity index (χ0v) is 12.1. The third-order valence-corrected chi connectivity index (χ3v) is 4.36. The number of halogens is 4. The Balaban J connectivity index is 1.91. The lowest BCUT2D eigenvalue weighted by Crippen LogP contribution is -2.29. The molecule has 1 nitrogen and oxygen atoms in total. The van der Waals surface area contributed by atoms with Crippen LogP contribution in [0.3, 0.4) is 0 Å². The van der Waals surface area contributed by atoms with Crippen LogP contribution in [-0.2, 0) is 12.7 Å². The van der Waals surface area contributed by atoms with E-state index >= 15 is 0 Å². The second kappa shape index (κ2) is 6.77. The summed E-state index contributed by atoms with van der Waals surface area (Å²) in [5, 5.41) is 3.21. The van der Waals surface area contributed by atoms with E-state index in [1.807, 2.05) is 0 Å². The molecule has 0 radical (unpaired) electrons. The zero-order valence-electron chi connectivity index (χ0n) is 12.1. The van der Waals surface area contributed by atoms with Crippen molar-refractivity contribution in [2.24, 2.45) is 11.8 Å². The molecule has 0 spiro atoms. The van der Waals surface area contributed by atoms with E-state index in [2.05, 4.69) is 12.2 Å². The van der Waals surface area contributed by atoms with E-state index in [9.17, 15) is 17.6 Å². The molecule has 0 bridgehead atoms. The third-order valence-electron chi connectivity index (χ3n) is 4.36. The minimum Gasteiger partial charge on any atom is -0.312 e. The minimum absolute atomic E-state index is 0.340. The van der Waals surface area contributed by atoms with Crippen molar-refractivity contribution >= 4 is 0 Å². The summed E-state index contributed by atoms with van der Waals surface area (Å²) < 4.78 is 51.1. The summed E-state index contributed by atoms with van der Waals surface area (Å²) in [6, 6.07) is 3.19. The molecular formula is C16H21F4N. The van der Waals surface area contributed by atoms with Gasteiger partial charge in [0.15, 0.2) is 0 Å². The van der Waals surface area contributed by atoms with Crippen LogP contribution < -0.4 is 5.32 Å². The molecule has 0 amide bonds. The van der Waals surface area contributed by atoms with Crippen LogP contribution in [0.15, 0.2) is 18.2 Å². The number of alkyl halides is 3. The zero-order chi connectivity index (χ0) is 15.5. The lowest BCUT2D eigenvalue weighted by Gasteiger charge is -2.29. The Morgan fingerprint density at radius 1 is 1.19 bits per heavy atom. The van der Waals surface area contributed by atoms with Gasteiger partial charge in [-0.1, -0.05) is 32.3 Å². The molecule has 0 aromatic heterocycles. The summed E-state index contributed by atoms with van der Waals surface area (Å²) in [5.74, 6) is 0.0265. The van der Waals surface area contributed by atoms with Crippen LogP contribution in [0.1, 0.15) is 43.7 Å². The molecule has 5 heteroatoms. The highest BCUT2D eigenvalue weighted by molar-refractivity contribution is 5.27. The first-order valence-corrected chi connectivity index (χ1v) is 7.44. The van der Waals surface area contributed by atoms with Crippen LogP contribution in [0.5, 0.6) is 0 Å². The molecule has 1 saturated carbocycles. The molecule has 2 atom stereocenters. The Bertz CT molecular complexity index is 470. The van der Waals surface area contributed by atoms with Crippen LogP contribution in [0, 0.1) is 17.7 Å². The first kappa shape index (κ1) is 16.3. The Hall–Kier alpha value is -1.10. The van der Waals surface area contributed by atoms with Crippen LogP contribution in [0.2, 0.25) is 0 Å². The van der Waals surface area contributed by atoms with Crippen molar-refractivity contribution < 1.29 is 17.6 Å². The van der Waals surface area contributed by atoms with Crippen molar-refractivity contribution in [3.63, 3.8) is 0 Å². The normalized spacial score (nSPS) is 23.3. The van der Waals surface area contributed by atoms with Gasteiger partial charge in [0.1, 0.15) is 5.82 Å². The topological polar surface area (TPSA) is 12.0 Å². The fourth-order valence-electron chi connectivity index (χ4n) is 3.00. The summed E-state index contributed by atoms with van der Waals surface area (Å²) in [7, 11) is 0. The first-order valence-electron chi connectivity index (χ1n) is 7.44. The SMILES string of the molecule is CC1CCCCC1CNCc1ccc(F)c(C(F)(F)F)c1. The van der Waals surface area contributed by atoms with E-state index in [1.165, 1.54) is 31.7 Å². The van der Waals surface area contributed by atoms with Crippen molar-refractivity contribution in [3.8, 4) is 0 Å². The third kappa shape index (κ3) is 4.43. The maximum atomic E-state index is 13.2. The lowest BCUT2D eigenvalue weighted by atomic mass is 9.80. The van der Waals surface area contributed by atoms with Crippen molar-refractivity contribution in [2.45, 2.75) is 45.3 Å². The maximum Gasteiger partial charge on any atom is 0.419 e. The summed E-state index contributed by atoms with van der Waals surface area (Å²) in [4.78, 5) is 0.